The molecule has 2 atom stereocenters. The lowest BCUT2D eigenvalue weighted by Gasteiger charge is -2.50. The van der Waals surface area contributed by atoms with Crippen LogP contribution in [-0.4, -0.2) is 31.8 Å². The van der Waals surface area contributed by atoms with Crippen molar-refractivity contribution in [3.63, 3.8) is 0 Å². The van der Waals surface area contributed by atoms with E-state index >= 15 is 0 Å². The molecule has 0 amide bonds. The van der Waals surface area contributed by atoms with Gasteiger partial charge < -0.3 is 14.8 Å². The van der Waals surface area contributed by atoms with Gasteiger partial charge in [-0.2, -0.15) is 0 Å². The minimum Gasteiger partial charge on any atom is -0.478 e. The first-order valence-electron chi connectivity index (χ1n) is 7.28. The van der Waals surface area contributed by atoms with Crippen LogP contribution in [0.4, 0.5) is 0 Å². The molecule has 1 aromatic carbocycles. The van der Waals surface area contributed by atoms with Crippen LogP contribution < -0.4 is 0 Å². The third-order valence-electron chi connectivity index (χ3n) is 4.80. The van der Waals surface area contributed by atoms with Crippen LogP contribution in [0.25, 0.3) is 11.0 Å². The van der Waals surface area contributed by atoms with E-state index < -0.39 is 5.97 Å². The number of fused-ring (bicyclic) bond motifs is 1. The molecule has 3 rings (SSSR count). The zero-order chi connectivity index (χ0) is 15.4. The van der Waals surface area contributed by atoms with Crippen LogP contribution in [0.2, 0.25) is 0 Å². The summed E-state index contributed by atoms with van der Waals surface area (Å²) in [6.45, 7) is 6.12. The Morgan fingerprint density at radius 3 is 2.71 bits per heavy atom. The van der Waals surface area contributed by atoms with Crippen LogP contribution in [0.5, 0.6) is 0 Å². The predicted molar refractivity (Wildman–Crippen MR) is 79.5 cm³/mol. The number of hydrogen-bond acceptors (Lipinski definition) is 3. The van der Waals surface area contributed by atoms with E-state index in [1.807, 2.05) is 20.8 Å². The highest BCUT2D eigenvalue weighted by atomic mass is 16.4. The van der Waals surface area contributed by atoms with Crippen LogP contribution in [0.15, 0.2) is 18.2 Å². The largest absolute Gasteiger partial charge is 0.478 e. The summed E-state index contributed by atoms with van der Waals surface area (Å²) < 4.78 is 2.12. The average molecular weight is 288 g/mol. The van der Waals surface area contributed by atoms with Gasteiger partial charge in [-0.1, -0.05) is 20.8 Å². The molecule has 2 unspecified atom stereocenters. The number of rotatable bonds is 3. The van der Waals surface area contributed by atoms with Crippen LogP contribution in [0.1, 0.15) is 49.4 Å². The molecular formula is C16H20N2O3. The topological polar surface area (TPSA) is 75.3 Å². The number of aromatic carboxylic acids is 1. The van der Waals surface area contributed by atoms with Crippen molar-refractivity contribution in [2.24, 2.45) is 5.41 Å². The van der Waals surface area contributed by atoms with Gasteiger partial charge in [0.2, 0.25) is 0 Å². The highest BCUT2D eigenvalue weighted by Crippen LogP contribution is 2.51. The Morgan fingerprint density at radius 1 is 1.48 bits per heavy atom. The summed E-state index contributed by atoms with van der Waals surface area (Å²) in [6, 6.07) is 5.18. The maximum atomic E-state index is 11.2. The van der Waals surface area contributed by atoms with E-state index in [2.05, 4.69) is 9.55 Å². The SMILES string of the molecule is CCc1nc2ccc(C(=O)O)cc2n1C1CC(O)C1(C)C. The number of aliphatic hydroxyl groups is 1. The smallest absolute Gasteiger partial charge is 0.335 e. The minimum atomic E-state index is -0.935. The standard InChI is InChI=1S/C16H20N2O3/c1-4-14-17-10-6-5-9(15(20)21)7-11(10)18(14)12-8-13(19)16(12,2)3/h5-7,12-13,19H,4,8H2,1-3H3,(H,20,21). The Morgan fingerprint density at radius 2 is 2.19 bits per heavy atom. The van der Waals surface area contributed by atoms with Gasteiger partial charge in [0.05, 0.1) is 22.7 Å². The number of aliphatic hydroxyl groups excluding tert-OH is 1. The molecule has 1 aromatic heterocycles. The summed E-state index contributed by atoms with van der Waals surface area (Å²) in [6.07, 6.45) is 1.13. The molecular weight excluding hydrogens is 268 g/mol. The summed E-state index contributed by atoms with van der Waals surface area (Å²) in [7, 11) is 0. The van der Waals surface area contributed by atoms with Gasteiger partial charge in [-0.25, -0.2) is 9.78 Å². The number of carbonyl (C=O) groups is 1. The Bertz CT molecular complexity index is 718. The first-order valence-corrected chi connectivity index (χ1v) is 7.28. The quantitative estimate of drug-likeness (QED) is 0.910. The third kappa shape index (κ3) is 1.95. The van der Waals surface area contributed by atoms with Gasteiger partial charge in [-0.05, 0) is 24.6 Å². The molecule has 5 nitrogen and oxygen atoms in total. The Balaban J connectivity index is 2.20. The number of carboxylic acids is 1. The zero-order valence-corrected chi connectivity index (χ0v) is 12.5. The number of hydrogen-bond donors (Lipinski definition) is 2. The molecule has 0 spiro atoms. The van der Waals surface area contributed by atoms with Crippen molar-refractivity contribution >= 4 is 17.0 Å². The summed E-state index contributed by atoms with van der Waals surface area (Å²) in [5.41, 5.74) is 1.70. The molecule has 2 N–H and O–H groups in total. The highest BCUT2D eigenvalue weighted by Gasteiger charge is 2.49. The molecule has 112 valence electrons. The van der Waals surface area contributed by atoms with Crippen molar-refractivity contribution in [2.45, 2.75) is 45.8 Å². The number of benzene rings is 1. The van der Waals surface area contributed by atoms with E-state index in [-0.39, 0.29) is 23.1 Å². The van der Waals surface area contributed by atoms with Crippen molar-refractivity contribution in [2.75, 3.05) is 0 Å². The molecule has 5 heteroatoms. The fourth-order valence-electron chi connectivity index (χ4n) is 3.19. The van der Waals surface area contributed by atoms with E-state index in [0.717, 1.165) is 23.3 Å². The lowest BCUT2D eigenvalue weighted by molar-refractivity contribution is -0.0886. The second-order valence-corrected chi connectivity index (χ2v) is 6.35. The maximum absolute atomic E-state index is 11.2. The molecule has 1 aliphatic carbocycles. The Kier molecular flexibility index (Phi) is 3.06. The molecule has 1 fully saturated rings. The highest BCUT2D eigenvalue weighted by molar-refractivity contribution is 5.92. The van der Waals surface area contributed by atoms with Crippen molar-refractivity contribution in [3.8, 4) is 0 Å². The van der Waals surface area contributed by atoms with Crippen molar-refractivity contribution < 1.29 is 15.0 Å². The van der Waals surface area contributed by atoms with Crippen molar-refractivity contribution in [1.82, 2.24) is 9.55 Å². The fourth-order valence-corrected chi connectivity index (χ4v) is 3.19. The van der Waals surface area contributed by atoms with Crippen LogP contribution in [0.3, 0.4) is 0 Å². The summed E-state index contributed by atoms with van der Waals surface area (Å²) >= 11 is 0. The van der Waals surface area contributed by atoms with E-state index in [0.29, 0.717) is 6.42 Å². The van der Waals surface area contributed by atoms with Gasteiger partial charge in [-0.15, -0.1) is 0 Å². The van der Waals surface area contributed by atoms with Gasteiger partial charge in [0, 0.05) is 17.9 Å². The normalized spacial score (nSPS) is 24.0. The zero-order valence-electron chi connectivity index (χ0n) is 12.5. The number of aryl methyl sites for hydroxylation is 1. The molecule has 0 bridgehead atoms. The number of imidazole rings is 1. The lowest BCUT2D eigenvalue weighted by Crippen LogP contribution is -2.50. The van der Waals surface area contributed by atoms with Crippen LogP contribution >= 0.6 is 0 Å². The average Bonchev–Trinajstić information content (AvgIpc) is 2.81. The van der Waals surface area contributed by atoms with E-state index in [4.69, 9.17) is 0 Å². The lowest BCUT2D eigenvalue weighted by atomic mass is 9.64. The first-order chi connectivity index (χ1) is 9.86. The molecule has 21 heavy (non-hydrogen) atoms. The van der Waals surface area contributed by atoms with Gasteiger partial charge in [-0.3, -0.25) is 0 Å². The fraction of sp³-hybridized carbons (Fsp3) is 0.500. The molecule has 1 saturated carbocycles. The Hall–Kier alpha value is -1.88. The van der Waals surface area contributed by atoms with Crippen molar-refractivity contribution in [1.29, 1.82) is 0 Å². The molecule has 2 aromatic rings. The Labute approximate surface area is 123 Å². The predicted octanol–water partition coefficient (Wildman–Crippen LogP) is 2.63. The molecule has 0 radical (unpaired) electrons. The first kappa shape index (κ1) is 14.1. The van der Waals surface area contributed by atoms with Gasteiger partial charge in [0.1, 0.15) is 5.82 Å². The number of carboxylic acid groups (broad SMARTS) is 1. The number of nitrogens with zero attached hydrogens (tertiary/aromatic N) is 2. The maximum Gasteiger partial charge on any atom is 0.335 e. The van der Waals surface area contributed by atoms with Gasteiger partial charge in [0.25, 0.3) is 0 Å². The van der Waals surface area contributed by atoms with E-state index in [9.17, 15) is 15.0 Å². The number of aromatic nitrogens is 2. The summed E-state index contributed by atoms with van der Waals surface area (Å²) in [5.74, 6) is 0.00752. The van der Waals surface area contributed by atoms with E-state index in [1.54, 1.807) is 18.2 Å². The van der Waals surface area contributed by atoms with E-state index in [1.165, 1.54) is 0 Å². The molecule has 1 aliphatic rings. The summed E-state index contributed by atoms with van der Waals surface area (Å²) in [4.78, 5) is 15.8. The van der Waals surface area contributed by atoms with Crippen LogP contribution in [-0.2, 0) is 6.42 Å². The second-order valence-electron chi connectivity index (χ2n) is 6.35. The monoisotopic (exact) mass is 288 g/mol. The molecule has 1 heterocycles. The van der Waals surface area contributed by atoms with Gasteiger partial charge in [0.15, 0.2) is 0 Å². The van der Waals surface area contributed by atoms with Crippen LogP contribution in [0, 0.1) is 5.41 Å². The summed E-state index contributed by atoms with van der Waals surface area (Å²) in [5, 5.41) is 19.2. The molecule has 0 saturated heterocycles. The second kappa shape index (κ2) is 4.56. The minimum absolute atomic E-state index is 0.150. The van der Waals surface area contributed by atoms with Crippen molar-refractivity contribution in [3.05, 3.63) is 29.6 Å². The van der Waals surface area contributed by atoms with Gasteiger partial charge >= 0.3 is 5.97 Å². The third-order valence-corrected chi connectivity index (χ3v) is 4.80. The molecule has 0 aliphatic heterocycles.